The number of hydrogen-bond donors (Lipinski definition) is 1. The summed E-state index contributed by atoms with van der Waals surface area (Å²) < 4.78 is 15.9. The van der Waals surface area contributed by atoms with E-state index in [-0.39, 0.29) is 17.5 Å². The van der Waals surface area contributed by atoms with Gasteiger partial charge in [-0.1, -0.05) is 5.16 Å². The second-order valence-corrected chi connectivity index (χ2v) is 6.56. The normalized spacial score (nSPS) is 12.2. The minimum absolute atomic E-state index is 0.109. The van der Waals surface area contributed by atoms with Crippen molar-refractivity contribution in [2.24, 2.45) is 0 Å². The molecule has 0 saturated heterocycles. The Labute approximate surface area is 161 Å². The molecular weight excluding hydrogens is 364 g/mol. The van der Waals surface area contributed by atoms with E-state index in [4.69, 9.17) is 14.0 Å². The molecule has 9 nitrogen and oxygen atoms in total. The lowest BCUT2D eigenvalue weighted by atomic mass is 10.0. The standard InChI is InChI=1S/C19H22N4O5/c1-10(9-26-4)20-19-16(23(24)25)6-13-7-17(27-5)14(8-15(13)21-19)18-11(2)22-28-12(18)3/h6-8,10H,9H2,1-5H3,(H,20,21). The van der Waals surface area contributed by atoms with E-state index >= 15 is 0 Å². The topological polar surface area (TPSA) is 113 Å². The highest BCUT2D eigenvalue weighted by atomic mass is 16.6. The number of nitro groups is 1. The number of aryl methyl sites for hydroxylation is 2. The number of rotatable bonds is 7. The molecule has 0 spiro atoms. The molecule has 1 unspecified atom stereocenters. The van der Waals surface area contributed by atoms with E-state index in [9.17, 15) is 10.1 Å². The Morgan fingerprint density at radius 1 is 1.29 bits per heavy atom. The lowest BCUT2D eigenvalue weighted by Crippen LogP contribution is -2.22. The van der Waals surface area contributed by atoms with Gasteiger partial charge in [0.05, 0.1) is 35.4 Å². The van der Waals surface area contributed by atoms with Crippen LogP contribution in [-0.4, -0.2) is 41.9 Å². The highest BCUT2D eigenvalue weighted by Gasteiger charge is 2.22. The van der Waals surface area contributed by atoms with Crippen LogP contribution in [0.15, 0.2) is 22.7 Å². The molecule has 2 aromatic heterocycles. The zero-order valence-corrected chi connectivity index (χ0v) is 16.4. The minimum Gasteiger partial charge on any atom is -0.496 e. The number of nitrogens with one attached hydrogen (secondary N) is 1. The molecule has 0 bridgehead atoms. The third-order valence-corrected chi connectivity index (χ3v) is 4.42. The number of ether oxygens (including phenoxy) is 2. The average molecular weight is 386 g/mol. The Balaban J connectivity index is 2.21. The maximum Gasteiger partial charge on any atom is 0.312 e. The predicted molar refractivity (Wildman–Crippen MR) is 105 cm³/mol. The SMILES string of the molecule is COCC(C)Nc1nc2cc(-c3c(C)noc3C)c(OC)cc2cc1[N+](=O)[O-]. The Kier molecular flexibility index (Phi) is 5.46. The first-order chi connectivity index (χ1) is 13.3. The quantitative estimate of drug-likeness (QED) is 0.481. The molecule has 0 fully saturated rings. The van der Waals surface area contributed by atoms with E-state index in [1.165, 1.54) is 6.07 Å². The zero-order chi connectivity index (χ0) is 20.4. The number of anilines is 1. The predicted octanol–water partition coefficient (Wildman–Crippen LogP) is 3.87. The van der Waals surface area contributed by atoms with Crippen molar-refractivity contribution in [2.75, 3.05) is 26.1 Å². The minimum atomic E-state index is -0.455. The molecule has 0 aliphatic heterocycles. The van der Waals surface area contributed by atoms with E-state index in [1.807, 2.05) is 26.8 Å². The van der Waals surface area contributed by atoms with Gasteiger partial charge in [0, 0.05) is 30.2 Å². The van der Waals surface area contributed by atoms with Gasteiger partial charge in [-0.2, -0.15) is 0 Å². The van der Waals surface area contributed by atoms with Gasteiger partial charge in [-0.3, -0.25) is 10.1 Å². The molecule has 0 radical (unpaired) electrons. The van der Waals surface area contributed by atoms with E-state index in [1.54, 1.807) is 20.3 Å². The first kappa shape index (κ1) is 19.6. The van der Waals surface area contributed by atoms with Gasteiger partial charge in [-0.05, 0) is 32.9 Å². The van der Waals surface area contributed by atoms with E-state index in [2.05, 4.69) is 15.5 Å². The summed E-state index contributed by atoms with van der Waals surface area (Å²) in [6.45, 7) is 5.92. The first-order valence-electron chi connectivity index (χ1n) is 8.71. The molecule has 2 heterocycles. The van der Waals surface area contributed by atoms with Crippen LogP contribution in [0, 0.1) is 24.0 Å². The Morgan fingerprint density at radius 2 is 2.04 bits per heavy atom. The van der Waals surface area contributed by atoms with Crippen molar-refractivity contribution in [1.29, 1.82) is 0 Å². The van der Waals surface area contributed by atoms with Gasteiger partial charge in [0.1, 0.15) is 11.5 Å². The van der Waals surface area contributed by atoms with Crippen molar-refractivity contribution in [1.82, 2.24) is 10.1 Å². The van der Waals surface area contributed by atoms with Crippen LogP contribution in [0.4, 0.5) is 11.5 Å². The molecule has 28 heavy (non-hydrogen) atoms. The van der Waals surface area contributed by atoms with Gasteiger partial charge in [-0.25, -0.2) is 4.98 Å². The monoisotopic (exact) mass is 386 g/mol. The molecule has 148 valence electrons. The summed E-state index contributed by atoms with van der Waals surface area (Å²) in [5, 5.41) is 19.2. The van der Waals surface area contributed by atoms with Crippen molar-refractivity contribution >= 4 is 22.4 Å². The van der Waals surface area contributed by atoms with Crippen LogP contribution in [0.1, 0.15) is 18.4 Å². The molecular formula is C19H22N4O5. The third kappa shape index (κ3) is 3.61. The molecule has 0 saturated carbocycles. The number of benzene rings is 1. The second kappa shape index (κ2) is 7.81. The number of aromatic nitrogens is 2. The Morgan fingerprint density at radius 3 is 2.61 bits per heavy atom. The fourth-order valence-corrected chi connectivity index (χ4v) is 3.19. The summed E-state index contributed by atoms with van der Waals surface area (Å²) in [6, 6.07) is 4.91. The summed E-state index contributed by atoms with van der Waals surface area (Å²) in [6.07, 6.45) is 0. The van der Waals surface area contributed by atoms with Gasteiger partial charge >= 0.3 is 5.69 Å². The van der Waals surface area contributed by atoms with E-state index in [0.29, 0.717) is 29.0 Å². The Hall–Kier alpha value is -3.20. The summed E-state index contributed by atoms with van der Waals surface area (Å²) in [5.41, 5.74) is 2.80. The molecule has 1 aromatic carbocycles. The molecule has 0 aliphatic rings. The molecule has 1 atom stereocenters. The number of fused-ring (bicyclic) bond motifs is 1. The van der Waals surface area contributed by atoms with Crippen molar-refractivity contribution < 1.29 is 18.9 Å². The van der Waals surface area contributed by atoms with Crippen LogP contribution in [0.5, 0.6) is 5.75 Å². The largest absolute Gasteiger partial charge is 0.496 e. The van der Waals surface area contributed by atoms with Crippen molar-refractivity contribution in [3.63, 3.8) is 0 Å². The van der Waals surface area contributed by atoms with Gasteiger partial charge in [-0.15, -0.1) is 0 Å². The lowest BCUT2D eigenvalue weighted by molar-refractivity contribution is -0.384. The molecule has 0 aliphatic carbocycles. The maximum atomic E-state index is 11.5. The van der Waals surface area contributed by atoms with Crippen LogP contribution >= 0.6 is 0 Å². The van der Waals surface area contributed by atoms with Crippen molar-refractivity contribution in [3.05, 3.63) is 39.8 Å². The molecule has 3 aromatic rings. The Bertz CT molecular complexity index is 1010. The van der Waals surface area contributed by atoms with Crippen LogP contribution in [0.3, 0.4) is 0 Å². The summed E-state index contributed by atoms with van der Waals surface area (Å²) in [4.78, 5) is 15.6. The third-order valence-electron chi connectivity index (χ3n) is 4.42. The van der Waals surface area contributed by atoms with Crippen LogP contribution < -0.4 is 10.1 Å². The molecule has 9 heteroatoms. The van der Waals surface area contributed by atoms with Crippen molar-refractivity contribution in [3.8, 4) is 16.9 Å². The second-order valence-electron chi connectivity index (χ2n) is 6.56. The highest BCUT2D eigenvalue weighted by molar-refractivity contribution is 5.92. The van der Waals surface area contributed by atoms with Gasteiger partial charge in [0.2, 0.25) is 5.82 Å². The smallest absolute Gasteiger partial charge is 0.312 e. The molecule has 0 amide bonds. The summed E-state index contributed by atoms with van der Waals surface area (Å²) in [5.74, 6) is 1.41. The van der Waals surface area contributed by atoms with Crippen molar-refractivity contribution in [2.45, 2.75) is 26.8 Å². The summed E-state index contributed by atoms with van der Waals surface area (Å²) >= 11 is 0. The van der Waals surface area contributed by atoms with Gasteiger partial charge in [0.15, 0.2) is 0 Å². The van der Waals surface area contributed by atoms with E-state index < -0.39 is 4.92 Å². The maximum absolute atomic E-state index is 11.5. The molecule has 3 rings (SSSR count). The zero-order valence-electron chi connectivity index (χ0n) is 16.4. The summed E-state index contributed by atoms with van der Waals surface area (Å²) in [7, 11) is 3.12. The van der Waals surface area contributed by atoms with Gasteiger partial charge < -0.3 is 19.3 Å². The average Bonchev–Trinajstić information content (AvgIpc) is 2.98. The number of pyridine rings is 1. The van der Waals surface area contributed by atoms with Gasteiger partial charge in [0.25, 0.3) is 0 Å². The van der Waals surface area contributed by atoms with Crippen LogP contribution in [0.2, 0.25) is 0 Å². The number of hydrogen-bond acceptors (Lipinski definition) is 8. The number of nitrogens with zero attached hydrogens (tertiary/aromatic N) is 3. The van der Waals surface area contributed by atoms with Crippen LogP contribution in [0.25, 0.3) is 22.0 Å². The van der Waals surface area contributed by atoms with E-state index in [0.717, 1.165) is 16.8 Å². The lowest BCUT2D eigenvalue weighted by Gasteiger charge is -2.15. The highest BCUT2D eigenvalue weighted by Crippen LogP contribution is 2.39. The molecule has 1 N–H and O–H groups in total. The fraction of sp³-hybridized carbons (Fsp3) is 0.368. The first-order valence-corrected chi connectivity index (χ1v) is 8.71. The fourth-order valence-electron chi connectivity index (χ4n) is 3.19. The van der Waals surface area contributed by atoms with Crippen LogP contribution in [-0.2, 0) is 4.74 Å². The number of methoxy groups -OCH3 is 2.